The summed E-state index contributed by atoms with van der Waals surface area (Å²) in [6, 6.07) is 3.05. The fourth-order valence-electron chi connectivity index (χ4n) is 2.63. The summed E-state index contributed by atoms with van der Waals surface area (Å²) in [6.45, 7) is 0. The Kier molecular flexibility index (Phi) is 4.95. The van der Waals surface area contributed by atoms with Gasteiger partial charge in [-0.05, 0) is 18.9 Å². The van der Waals surface area contributed by atoms with Crippen molar-refractivity contribution in [2.45, 2.75) is 49.5 Å². The van der Waals surface area contributed by atoms with Crippen LogP contribution in [0.2, 0.25) is 0 Å². The van der Waals surface area contributed by atoms with Crippen LogP contribution in [0.3, 0.4) is 0 Å². The molecule has 0 saturated heterocycles. The van der Waals surface area contributed by atoms with Crippen LogP contribution in [0.4, 0.5) is 5.82 Å². The summed E-state index contributed by atoms with van der Waals surface area (Å²) < 4.78 is 26.8. The van der Waals surface area contributed by atoms with E-state index in [2.05, 4.69) is 10.4 Å². The number of rotatable bonds is 4. The highest BCUT2D eigenvalue weighted by Gasteiger charge is 2.28. The third-order valence-corrected chi connectivity index (χ3v) is 5.80. The molecular weight excluding hydrogens is 276 g/mol. The molecule has 0 radical (unpaired) electrons. The zero-order chi connectivity index (χ0) is 14.6. The highest BCUT2D eigenvalue weighted by Crippen LogP contribution is 2.26. The van der Waals surface area contributed by atoms with Crippen LogP contribution in [0.1, 0.15) is 38.5 Å². The molecule has 3 N–H and O–H groups in total. The van der Waals surface area contributed by atoms with Gasteiger partial charge < -0.3 is 5.43 Å². The van der Waals surface area contributed by atoms with Crippen LogP contribution in [0, 0.1) is 0 Å². The van der Waals surface area contributed by atoms with Crippen molar-refractivity contribution < 1.29 is 8.42 Å². The molecule has 1 aromatic heterocycles. The van der Waals surface area contributed by atoms with Crippen LogP contribution in [0.15, 0.2) is 23.2 Å². The number of nitrogens with two attached hydrogens (primary N) is 1. The van der Waals surface area contributed by atoms with Gasteiger partial charge in [-0.1, -0.05) is 25.7 Å². The van der Waals surface area contributed by atoms with Crippen LogP contribution in [0.5, 0.6) is 0 Å². The highest BCUT2D eigenvalue weighted by molar-refractivity contribution is 7.89. The van der Waals surface area contributed by atoms with Gasteiger partial charge in [0.05, 0.1) is 4.90 Å². The molecule has 7 heteroatoms. The van der Waals surface area contributed by atoms with E-state index in [0.717, 1.165) is 25.7 Å². The quantitative estimate of drug-likeness (QED) is 0.502. The number of sulfonamides is 1. The normalized spacial score (nSPS) is 17.9. The maximum absolute atomic E-state index is 12.6. The van der Waals surface area contributed by atoms with Crippen molar-refractivity contribution in [3.8, 4) is 0 Å². The summed E-state index contributed by atoms with van der Waals surface area (Å²) in [6.07, 6.45) is 7.89. The van der Waals surface area contributed by atoms with E-state index in [-0.39, 0.29) is 10.9 Å². The number of nitrogens with one attached hydrogen (secondary N) is 1. The molecule has 2 rings (SSSR count). The van der Waals surface area contributed by atoms with E-state index < -0.39 is 10.0 Å². The Morgan fingerprint density at radius 3 is 2.55 bits per heavy atom. The number of nitrogens with zero attached hydrogens (tertiary/aromatic N) is 2. The first kappa shape index (κ1) is 15.2. The zero-order valence-corrected chi connectivity index (χ0v) is 12.6. The Hall–Kier alpha value is -1.18. The van der Waals surface area contributed by atoms with Gasteiger partial charge in [0.2, 0.25) is 10.0 Å². The van der Waals surface area contributed by atoms with Crippen molar-refractivity contribution in [3.05, 3.63) is 18.3 Å². The third-order valence-electron chi connectivity index (χ3n) is 3.90. The van der Waals surface area contributed by atoms with Crippen LogP contribution in [-0.4, -0.2) is 30.8 Å². The van der Waals surface area contributed by atoms with Gasteiger partial charge in [0.15, 0.2) is 0 Å². The third kappa shape index (κ3) is 3.28. The Balaban J connectivity index is 2.23. The molecule has 0 atom stereocenters. The highest BCUT2D eigenvalue weighted by atomic mass is 32.2. The first-order valence-electron chi connectivity index (χ1n) is 6.96. The largest absolute Gasteiger partial charge is 0.308 e. The lowest BCUT2D eigenvalue weighted by Gasteiger charge is -2.26. The fraction of sp³-hybridized carbons (Fsp3) is 0.615. The summed E-state index contributed by atoms with van der Waals surface area (Å²) in [5.74, 6) is 5.63. The molecule has 6 nitrogen and oxygen atoms in total. The van der Waals surface area contributed by atoms with Gasteiger partial charge in [-0.15, -0.1) is 0 Å². The average molecular weight is 298 g/mol. The Bertz CT molecular complexity index is 539. The maximum atomic E-state index is 12.6. The number of pyridine rings is 1. The first-order valence-corrected chi connectivity index (χ1v) is 8.40. The van der Waals surface area contributed by atoms with Crippen molar-refractivity contribution in [3.63, 3.8) is 0 Å². The van der Waals surface area contributed by atoms with Crippen molar-refractivity contribution in [1.82, 2.24) is 9.29 Å². The lowest BCUT2D eigenvalue weighted by Crippen LogP contribution is -2.36. The minimum absolute atomic E-state index is 0.0879. The minimum Gasteiger partial charge on any atom is -0.308 e. The molecule has 1 aromatic rings. The zero-order valence-electron chi connectivity index (χ0n) is 11.7. The average Bonchev–Trinajstić information content (AvgIpc) is 2.75. The van der Waals surface area contributed by atoms with Gasteiger partial charge in [-0.25, -0.2) is 19.2 Å². The van der Waals surface area contributed by atoms with Crippen molar-refractivity contribution in [2.24, 2.45) is 5.84 Å². The molecule has 112 valence electrons. The van der Waals surface area contributed by atoms with Gasteiger partial charge in [-0.2, -0.15) is 4.31 Å². The van der Waals surface area contributed by atoms with Gasteiger partial charge in [0.1, 0.15) is 5.82 Å². The minimum atomic E-state index is -3.49. The SMILES string of the molecule is CN(C1CCCCCC1)S(=O)(=O)c1ccnc(NN)c1. The summed E-state index contributed by atoms with van der Waals surface area (Å²) in [7, 11) is -1.82. The monoisotopic (exact) mass is 298 g/mol. The Labute approximate surface area is 120 Å². The molecular formula is C13H22N4O2S. The molecule has 0 bridgehead atoms. The predicted molar refractivity (Wildman–Crippen MR) is 78.5 cm³/mol. The molecule has 1 saturated carbocycles. The summed E-state index contributed by atoms with van der Waals surface area (Å²) in [4.78, 5) is 4.17. The fourth-order valence-corrected chi connectivity index (χ4v) is 4.06. The maximum Gasteiger partial charge on any atom is 0.243 e. The molecule has 1 heterocycles. The van der Waals surface area contributed by atoms with E-state index in [1.54, 1.807) is 7.05 Å². The molecule has 0 aliphatic heterocycles. The van der Waals surface area contributed by atoms with Crippen LogP contribution in [0.25, 0.3) is 0 Å². The number of hydrazine groups is 1. The van der Waals surface area contributed by atoms with Crippen molar-refractivity contribution in [1.29, 1.82) is 0 Å². The predicted octanol–water partition coefficient (Wildman–Crippen LogP) is 1.71. The molecule has 1 aliphatic carbocycles. The number of nitrogen functional groups attached to an aromatic ring is 1. The second-order valence-corrected chi connectivity index (χ2v) is 7.19. The first-order chi connectivity index (χ1) is 9.55. The van der Waals surface area contributed by atoms with Crippen LogP contribution in [-0.2, 0) is 10.0 Å². The van der Waals surface area contributed by atoms with Crippen molar-refractivity contribution >= 4 is 15.8 Å². The Morgan fingerprint density at radius 2 is 1.95 bits per heavy atom. The molecule has 1 aliphatic rings. The van der Waals surface area contributed by atoms with Gasteiger partial charge >= 0.3 is 0 Å². The second-order valence-electron chi connectivity index (χ2n) is 5.19. The number of hydrogen-bond acceptors (Lipinski definition) is 5. The topological polar surface area (TPSA) is 88.3 Å². The van der Waals surface area contributed by atoms with Gasteiger partial charge in [-0.3, -0.25) is 0 Å². The smallest absolute Gasteiger partial charge is 0.243 e. The lowest BCUT2D eigenvalue weighted by atomic mass is 10.1. The van der Waals surface area contributed by atoms with E-state index in [0.29, 0.717) is 5.82 Å². The molecule has 1 fully saturated rings. The van der Waals surface area contributed by atoms with Crippen molar-refractivity contribution in [2.75, 3.05) is 12.5 Å². The lowest BCUT2D eigenvalue weighted by molar-refractivity contribution is 0.335. The van der Waals surface area contributed by atoms with E-state index in [4.69, 9.17) is 5.84 Å². The number of anilines is 1. The standard InChI is InChI=1S/C13H22N4O2S/c1-17(11-6-4-2-3-5-7-11)20(18,19)12-8-9-15-13(10-12)16-14/h8-11H,2-7,14H2,1H3,(H,15,16). The van der Waals surface area contributed by atoms with E-state index in [1.807, 2.05) is 0 Å². The number of aromatic nitrogens is 1. The van der Waals surface area contributed by atoms with Gasteiger partial charge in [0, 0.05) is 25.4 Å². The summed E-state index contributed by atoms with van der Waals surface area (Å²) in [5, 5.41) is 0. The number of hydrogen-bond donors (Lipinski definition) is 2. The van der Waals surface area contributed by atoms with Crippen LogP contribution >= 0.6 is 0 Å². The molecule has 0 aromatic carbocycles. The van der Waals surface area contributed by atoms with E-state index >= 15 is 0 Å². The van der Waals surface area contributed by atoms with Gasteiger partial charge in [0.25, 0.3) is 0 Å². The molecule has 0 spiro atoms. The summed E-state index contributed by atoms with van der Waals surface area (Å²) >= 11 is 0. The van der Waals surface area contributed by atoms with E-state index in [1.165, 1.54) is 35.5 Å². The Morgan fingerprint density at radius 1 is 1.30 bits per heavy atom. The van der Waals surface area contributed by atoms with Crippen LogP contribution < -0.4 is 11.3 Å². The second kappa shape index (κ2) is 6.51. The molecule has 20 heavy (non-hydrogen) atoms. The molecule has 0 amide bonds. The molecule has 0 unspecified atom stereocenters. The van der Waals surface area contributed by atoms with E-state index in [9.17, 15) is 8.42 Å². The summed E-state index contributed by atoms with van der Waals surface area (Å²) in [5.41, 5.74) is 2.37.